The van der Waals surface area contributed by atoms with Crippen LogP contribution < -0.4 is 10.4 Å². The first kappa shape index (κ1) is 14.5. The van der Waals surface area contributed by atoms with E-state index in [-0.39, 0.29) is 0 Å². The molecule has 0 saturated carbocycles. The summed E-state index contributed by atoms with van der Waals surface area (Å²) in [6.07, 6.45) is 3.94. The van der Waals surface area contributed by atoms with Gasteiger partial charge in [-0.15, -0.1) is 0 Å². The highest BCUT2D eigenvalue weighted by atomic mass is 15.2. The Bertz CT molecular complexity index is 369. The average Bonchev–Trinajstić information content (AvgIpc) is 2.46. The van der Waals surface area contributed by atoms with Gasteiger partial charge in [0.05, 0.1) is 0 Å². The van der Waals surface area contributed by atoms with Crippen LogP contribution in [-0.2, 0) is 0 Å². The predicted octanol–water partition coefficient (Wildman–Crippen LogP) is 2.57. The van der Waals surface area contributed by atoms with Crippen LogP contribution in [-0.4, -0.2) is 44.8 Å². The molecule has 1 saturated heterocycles. The van der Waals surface area contributed by atoms with Crippen LogP contribution in [0.5, 0.6) is 0 Å². The summed E-state index contributed by atoms with van der Waals surface area (Å²) in [4.78, 5) is 4.90. The fourth-order valence-corrected chi connectivity index (χ4v) is 2.76. The van der Waals surface area contributed by atoms with Crippen molar-refractivity contribution >= 4 is 17.9 Å². The van der Waals surface area contributed by atoms with E-state index < -0.39 is 0 Å². The molecule has 2 rings (SSSR count). The lowest BCUT2D eigenvalue weighted by molar-refractivity contribution is 0.313. The topological polar surface area (TPSA) is 6.48 Å². The molecule has 1 heterocycles. The molecule has 0 atom stereocenters. The minimum atomic E-state index is 0.696. The van der Waals surface area contributed by atoms with Crippen LogP contribution in [0.1, 0.15) is 19.8 Å². The maximum Gasteiger partial charge on any atom is 0.172 e. The smallest absolute Gasteiger partial charge is 0.172 e. The first-order chi connectivity index (χ1) is 9.20. The van der Waals surface area contributed by atoms with E-state index in [4.69, 9.17) is 0 Å². The van der Waals surface area contributed by atoms with Gasteiger partial charge < -0.3 is 9.80 Å². The lowest BCUT2D eigenvalue weighted by atomic mass is 9.44. The van der Waals surface area contributed by atoms with E-state index in [2.05, 4.69) is 54.9 Å². The van der Waals surface area contributed by atoms with E-state index in [1.165, 1.54) is 43.4 Å². The molecule has 0 aliphatic carbocycles. The van der Waals surface area contributed by atoms with Crippen molar-refractivity contribution < 1.29 is 0 Å². The number of anilines is 1. The summed E-state index contributed by atoms with van der Waals surface area (Å²) in [6, 6.07) is 9.27. The second kappa shape index (κ2) is 7.00. The largest absolute Gasteiger partial charge is 0.369 e. The van der Waals surface area contributed by atoms with E-state index in [1.54, 1.807) is 0 Å². The Balaban J connectivity index is 1.94. The molecule has 0 aromatic heterocycles. The van der Waals surface area contributed by atoms with Gasteiger partial charge in [0.2, 0.25) is 0 Å². The maximum absolute atomic E-state index is 2.50. The number of nitrogens with zero attached hydrogens (tertiary/aromatic N) is 2. The predicted molar refractivity (Wildman–Crippen MR) is 87.1 cm³/mol. The molecule has 1 aromatic rings. The summed E-state index contributed by atoms with van der Waals surface area (Å²) >= 11 is 0. The quantitative estimate of drug-likeness (QED) is 0.749. The molecule has 0 amide bonds. The van der Waals surface area contributed by atoms with Crippen LogP contribution in [0.15, 0.2) is 24.3 Å². The molecule has 3 heteroatoms. The van der Waals surface area contributed by atoms with E-state index in [0.717, 1.165) is 13.1 Å². The van der Waals surface area contributed by atoms with Gasteiger partial charge in [-0.3, -0.25) is 0 Å². The van der Waals surface area contributed by atoms with Gasteiger partial charge in [0, 0.05) is 31.9 Å². The van der Waals surface area contributed by atoms with Crippen molar-refractivity contribution in [2.75, 3.05) is 38.1 Å². The number of hydrogen-bond donors (Lipinski definition) is 0. The Labute approximate surface area is 118 Å². The van der Waals surface area contributed by atoms with Gasteiger partial charge in [0.1, 0.15) is 0 Å². The second-order valence-electron chi connectivity index (χ2n) is 5.93. The highest BCUT2D eigenvalue weighted by Gasteiger charge is 2.15. The molecule has 1 fully saturated rings. The van der Waals surface area contributed by atoms with Crippen LogP contribution in [0.3, 0.4) is 0 Å². The number of benzene rings is 1. The maximum atomic E-state index is 2.50. The first-order valence-electron chi connectivity index (χ1n) is 7.74. The Morgan fingerprint density at radius 1 is 1.05 bits per heavy atom. The van der Waals surface area contributed by atoms with E-state index in [9.17, 15) is 0 Å². The fraction of sp³-hybridized carbons (Fsp3) is 0.625. The molecule has 104 valence electrons. The van der Waals surface area contributed by atoms with Crippen molar-refractivity contribution in [2.24, 2.45) is 0 Å². The zero-order valence-electron chi connectivity index (χ0n) is 12.7. The minimum absolute atomic E-state index is 0.696. The van der Waals surface area contributed by atoms with Gasteiger partial charge in [-0.05, 0) is 19.2 Å². The van der Waals surface area contributed by atoms with Gasteiger partial charge >= 0.3 is 0 Å². The van der Waals surface area contributed by atoms with Crippen LogP contribution in [0.25, 0.3) is 0 Å². The molecule has 1 aliphatic heterocycles. The Morgan fingerprint density at radius 3 is 2.26 bits per heavy atom. The highest BCUT2D eigenvalue weighted by Crippen LogP contribution is 2.15. The summed E-state index contributed by atoms with van der Waals surface area (Å²) < 4.78 is 0. The normalized spacial score (nSPS) is 16.7. The Morgan fingerprint density at radius 2 is 1.68 bits per heavy atom. The third kappa shape index (κ3) is 4.00. The number of unbranched alkanes of at least 4 members (excludes halogenated alkanes) is 1. The molecular formula is C16H27BN2. The zero-order valence-corrected chi connectivity index (χ0v) is 12.7. The van der Waals surface area contributed by atoms with Crippen LogP contribution >= 0.6 is 0 Å². The minimum Gasteiger partial charge on any atom is -0.369 e. The van der Waals surface area contributed by atoms with Crippen molar-refractivity contribution in [1.82, 2.24) is 4.90 Å². The summed E-state index contributed by atoms with van der Waals surface area (Å²) in [5.74, 6) is 0. The molecule has 0 radical (unpaired) electrons. The molecule has 1 aliphatic rings. The van der Waals surface area contributed by atoms with Gasteiger partial charge in [0.25, 0.3) is 0 Å². The van der Waals surface area contributed by atoms with E-state index >= 15 is 0 Å². The lowest BCUT2D eigenvalue weighted by Crippen LogP contribution is -2.44. The highest BCUT2D eigenvalue weighted by molar-refractivity contribution is 6.72. The number of piperazine rings is 1. The molecule has 0 N–H and O–H groups in total. The monoisotopic (exact) mass is 258 g/mol. The van der Waals surface area contributed by atoms with E-state index in [1.807, 2.05) is 0 Å². The van der Waals surface area contributed by atoms with Crippen molar-refractivity contribution in [3.63, 3.8) is 0 Å². The molecule has 0 bridgehead atoms. The fourth-order valence-electron chi connectivity index (χ4n) is 2.76. The van der Waals surface area contributed by atoms with E-state index in [0.29, 0.717) is 6.71 Å². The molecule has 1 aromatic carbocycles. The summed E-state index contributed by atoms with van der Waals surface area (Å²) in [5.41, 5.74) is 2.88. The lowest BCUT2D eigenvalue weighted by Gasteiger charge is -2.34. The second-order valence-corrected chi connectivity index (χ2v) is 5.93. The van der Waals surface area contributed by atoms with Gasteiger partial charge in [-0.25, -0.2) is 0 Å². The standard InChI is InChI=1S/C16H27BN2/c1-4-5-10-17(2)15-6-8-16(9-7-15)19-13-11-18(3)12-14-19/h6-9H,4-5,10-14H2,1-3H3. The van der Waals surface area contributed by atoms with Crippen LogP contribution in [0.2, 0.25) is 13.1 Å². The Hall–Kier alpha value is -0.955. The molecule has 19 heavy (non-hydrogen) atoms. The first-order valence-corrected chi connectivity index (χ1v) is 7.74. The molecule has 0 unspecified atom stereocenters. The summed E-state index contributed by atoms with van der Waals surface area (Å²) in [7, 11) is 2.20. The van der Waals surface area contributed by atoms with Gasteiger partial charge in [0.15, 0.2) is 6.71 Å². The third-order valence-corrected chi connectivity index (χ3v) is 4.32. The zero-order chi connectivity index (χ0) is 13.7. The van der Waals surface area contributed by atoms with Crippen LogP contribution in [0.4, 0.5) is 5.69 Å². The van der Waals surface area contributed by atoms with Gasteiger partial charge in [-0.2, -0.15) is 0 Å². The Kier molecular flexibility index (Phi) is 5.32. The van der Waals surface area contributed by atoms with Crippen molar-refractivity contribution in [3.8, 4) is 0 Å². The molecular weight excluding hydrogens is 231 g/mol. The van der Waals surface area contributed by atoms with Crippen molar-refractivity contribution in [3.05, 3.63) is 24.3 Å². The molecule has 2 nitrogen and oxygen atoms in total. The van der Waals surface area contributed by atoms with Crippen molar-refractivity contribution in [2.45, 2.75) is 32.9 Å². The average molecular weight is 258 g/mol. The SMILES string of the molecule is CCCCB(C)c1ccc(N2CCN(C)CC2)cc1. The number of rotatable bonds is 5. The van der Waals surface area contributed by atoms with Gasteiger partial charge in [-0.1, -0.05) is 50.5 Å². The van der Waals surface area contributed by atoms with Crippen molar-refractivity contribution in [1.29, 1.82) is 0 Å². The van der Waals surface area contributed by atoms with Crippen LogP contribution in [0, 0.1) is 0 Å². The number of likely N-dealkylation sites (N-methyl/N-ethyl adjacent to an activating group) is 1. The summed E-state index contributed by atoms with van der Waals surface area (Å²) in [5, 5.41) is 0. The summed E-state index contributed by atoms with van der Waals surface area (Å²) in [6.45, 7) is 9.97. The number of hydrogen-bond acceptors (Lipinski definition) is 2. The molecule has 0 spiro atoms. The third-order valence-electron chi connectivity index (χ3n) is 4.32.